The van der Waals surface area contributed by atoms with Crippen LogP contribution in [0, 0.1) is 28.5 Å². The summed E-state index contributed by atoms with van der Waals surface area (Å²) >= 11 is 2.45. The zero-order valence-corrected chi connectivity index (χ0v) is 18.4. The van der Waals surface area contributed by atoms with Gasteiger partial charge >= 0.3 is 0 Å². The molecule has 0 bridgehead atoms. The van der Waals surface area contributed by atoms with Gasteiger partial charge < -0.3 is 5.32 Å². The van der Waals surface area contributed by atoms with Gasteiger partial charge in [-0.05, 0) is 65.5 Å². The number of hydrogen-bond donors (Lipinski definition) is 1. The number of halogens is 1. The van der Waals surface area contributed by atoms with Crippen molar-refractivity contribution < 1.29 is 4.39 Å². The molecular formula is C22H13FN8S2. The Bertz CT molecular complexity index is 1250. The lowest BCUT2D eigenvalue weighted by Gasteiger charge is -2.09. The Morgan fingerprint density at radius 1 is 0.758 bits per heavy atom. The van der Waals surface area contributed by atoms with E-state index in [1.807, 2.05) is 12.1 Å². The van der Waals surface area contributed by atoms with E-state index in [-0.39, 0.29) is 5.82 Å². The van der Waals surface area contributed by atoms with E-state index in [2.05, 4.69) is 30.2 Å². The van der Waals surface area contributed by atoms with E-state index in [0.717, 1.165) is 5.56 Å². The van der Waals surface area contributed by atoms with E-state index in [9.17, 15) is 4.39 Å². The maximum absolute atomic E-state index is 13.2. The van der Waals surface area contributed by atoms with Crippen molar-refractivity contribution >= 4 is 29.5 Å². The second kappa shape index (κ2) is 10.5. The van der Waals surface area contributed by atoms with Crippen LogP contribution in [0.1, 0.15) is 16.7 Å². The van der Waals surface area contributed by atoms with Crippen LogP contribution in [0.25, 0.3) is 0 Å². The van der Waals surface area contributed by atoms with E-state index in [4.69, 9.17) is 10.5 Å². The summed E-state index contributed by atoms with van der Waals surface area (Å²) in [6.45, 7) is 0.392. The maximum atomic E-state index is 13.2. The van der Waals surface area contributed by atoms with Gasteiger partial charge in [-0.25, -0.2) is 14.4 Å². The highest BCUT2D eigenvalue weighted by molar-refractivity contribution is 7.99. The minimum absolute atomic E-state index is 0.305. The van der Waals surface area contributed by atoms with Crippen molar-refractivity contribution in [2.75, 3.05) is 5.32 Å². The highest BCUT2D eigenvalue weighted by Crippen LogP contribution is 2.28. The van der Waals surface area contributed by atoms with Crippen LogP contribution >= 0.6 is 23.5 Å². The van der Waals surface area contributed by atoms with Crippen molar-refractivity contribution in [3.05, 3.63) is 83.4 Å². The normalized spacial score (nSPS) is 10.3. The molecule has 0 amide bonds. The molecule has 33 heavy (non-hydrogen) atoms. The molecule has 0 saturated carbocycles. The summed E-state index contributed by atoms with van der Waals surface area (Å²) in [7, 11) is 0. The van der Waals surface area contributed by atoms with Crippen LogP contribution in [-0.2, 0) is 6.54 Å². The molecule has 0 fully saturated rings. The van der Waals surface area contributed by atoms with Crippen molar-refractivity contribution in [3.63, 3.8) is 0 Å². The lowest BCUT2D eigenvalue weighted by molar-refractivity contribution is 0.627. The van der Waals surface area contributed by atoms with E-state index in [0.29, 0.717) is 44.0 Å². The van der Waals surface area contributed by atoms with Gasteiger partial charge in [-0.3, -0.25) is 0 Å². The third kappa shape index (κ3) is 6.23. The zero-order valence-electron chi connectivity index (χ0n) is 16.8. The predicted octanol–water partition coefficient (Wildman–Crippen LogP) is 4.46. The molecule has 3 heterocycles. The molecule has 1 N–H and O–H groups in total. The van der Waals surface area contributed by atoms with Crippen LogP contribution in [0.15, 0.2) is 81.3 Å². The average molecular weight is 473 g/mol. The molecule has 0 radical (unpaired) electrons. The Hall–Kier alpha value is -4.06. The topological polar surface area (TPSA) is 124 Å². The first-order chi connectivity index (χ1) is 16.1. The van der Waals surface area contributed by atoms with E-state index >= 15 is 0 Å². The lowest BCUT2D eigenvalue weighted by Crippen LogP contribution is -2.06. The molecule has 8 nitrogen and oxygen atoms in total. The van der Waals surface area contributed by atoms with Gasteiger partial charge in [0.15, 0.2) is 10.3 Å². The van der Waals surface area contributed by atoms with E-state index in [1.54, 1.807) is 36.4 Å². The standard InChI is InChI=1S/C22H13FN8S2/c23-17-5-1-14(2-6-17)11-28-20-29-21(32-18-7-3-15(9-24)12-26-18)31-22(30-20)33-19-8-4-16(10-25)13-27-19/h1-8,12-13H,11H2,(H,28,29,30,31). The SMILES string of the molecule is N#Cc1ccc(Sc2nc(NCc3ccc(F)cc3)nc(Sc3ccc(C#N)cn3)n2)nc1. The second-order valence-corrected chi connectivity index (χ2v) is 8.38. The highest BCUT2D eigenvalue weighted by Gasteiger charge is 2.12. The molecule has 160 valence electrons. The largest absolute Gasteiger partial charge is 0.350 e. The van der Waals surface area contributed by atoms with Crippen LogP contribution in [0.5, 0.6) is 0 Å². The fourth-order valence-electron chi connectivity index (χ4n) is 2.49. The number of nitrogens with one attached hydrogen (secondary N) is 1. The number of rotatable bonds is 7. The Kier molecular flexibility index (Phi) is 7.05. The molecular weight excluding hydrogens is 459 g/mol. The number of nitrogens with zero attached hydrogens (tertiary/aromatic N) is 7. The molecule has 3 aromatic heterocycles. The molecule has 0 saturated heterocycles. The van der Waals surface area contributed by atoms with E-state index < -0.39 is 0 Å². The summed E-state index contributed by atoms with van der Waals surface area (Å²) in [6, 6.07) is 17.0. The summed E-state index contributed by atoms with van der Waals surface area (Å²) in [5.41, 5.74) is 1.78. The first kappa shape index (κ1) is 22.1. The number of aromatic nitrogens is 5. The Morgan fingerprint density at radius 2 is 1.30 bits per heavy atom. The molecule has 0 aliphatic heterocycles. The Morgan fingerprint density at radius 3 is 1.76 bits per heavy atom. The van der Waals surface area contributed by atoms with Crippen molar-refractivity contribution in [3.8, 4) is 12.1 Å². The van der Waals surface area contributed by atoms with Crippen molar-refractivity contribution in [1.82, 2.24) is 24.9 Å². The van der Waals surface area contributed by atoms with Gasteiger partial charge in [0, 0.05) is 18.9 Å². The zero-order chi connectivity index (χ0) is 23.0. The number of benzene rings is 1. The second-order valence-electron chi connectivity index (χ2n) is 6.40. The van der Waals surface area contributed by atoms with Crippen LogP contribution < -0.4 is 5.32 Å². The van der Waals surface area contributed by atoms with Crippen LogP contribution in [0.4, 0.5) is 10.3 Å². The summed E-state index contributed by atoms with van der Waals surface area (Å²) in [6.07, 6.45) is 2.96. The molecule has 0 spiro atoms. The fraction of sp³-hybridized carbons (Fsp3) is 0.0455. The molecule has 4 rings (SSSR count). The number of pyridine rings is 2. The molecule has 11 heteroatoms. The minimum Gasteiger partial charge on any atom is -0.350 e. The molecule has 0 aliphatic rings. The Labute approximate surface area is 197 Å². The number of hydrogen-bond acceptors (Lipinski definition) is 10. The molecule has 4 aromatic rings. The van der Waals surface area contributed by atoms with Gasteiger partial charge in [-0.15, -0.1) is 0 Å². The van der Waals surface area contributed by atoms with Crippen molar-refractivity contribution in [2.45, 2.75) is 26.9 Å². The van der Waals surface area contributed by atoms with Crippen LogP contribution in [0.3, 0.4) is 0 Å². The van der Waals surface area contributed by atoms with Gasteiger partial charge in [0.05, 0.1) is 11.1 Å². The van der Waals surface area contributed by atoms with Crippen molar-refractivity contribution in [1.29, 1.82) is 10.5 Å². The first-order valence-electron chi connectivity index (χ1n) is 9.44. The Balaban J connectivity index is 1.58. The third-order valence-corrected chi connectivity index (χ3v) is 5.71. The van der Waals surface area contributed by atoms with Crippen molar-refractivity contribution in [2.24, 2.45) is 0 Å². The maximum Gasteiger partial charge on any atom is 0.227 e. The smallest absolute Gasteiger partial charge is 0.227 e. The van der Waals surface area contributed by atoms with Gasteiger partial charge in [0.1, 0.15) is 28.0 Å². The third-order valence-electron chi connectivity index (χ3n) is 4.08. The van der Waals surface area contributed by atoms with Crippen LogP contribution in [0.2, 0.25) is 0 Å². The van der Waals surface area contributed by atoms with Gasteiger partial charge in [0.25, 0.3) is 0 Å². The minimum atomic E-state index is -0.305. The summed E-state index contributed by atoms with van der Waals surface area (Å²) in [4.78, 5) is 21.9. The quantitative estimate of drug-likeness (QED) is 0.412. The average Bonchev–Trinajstić information content (AvgIpc) is 2.84. The highest BCUT2D eigenvalue weighted by atomic mass is 32.2. The molecule has 0 unspecified atom stereocenters. The van der Waals surface area contributed by atoms with E-state index in [1.165, 1.54) is 48.1 Å². The summed E-state index contributed by atoms with van der Waals surface area (Å²) in [5.74, 6) is 0.0303. The fourth-order valence-corrected chi connectivity index (χ4v) is 3.94. The molecule has 1 aromatic carbocycles. The molecule has 0 aliphatic carbocycles. The molecule has 0 atom stereocenters. The van der Waals surface area contributed by atoms with Gasteiger partial charge in [0.2, 0.25) is 5.95 Å². The number of nitriles is 2. The first-order valence-corrected chi connectivity index (χ1v) is 11.1. The monoisotopic (exact) mass is 472 g/mol. The van der Waals surface area contributed by atoms with Gasteiger partial charge in [-0.1, -0.05) is 12.1 Å². The summed E-state index contributed by atoms with van der Waals surface area (Å²) < 4.78 is 13.2. The number of anilines is 1. The predicted molar refractivity (Wildman–Crippen MR) is 120 cm³/mol. The summed E-state index contributed by atoms with van der Waals surface area (Å²) in [5, 5.41) is 23.1. The van der Waals surface area contributed by atoms with Gasteiger partial charge in [-0.2, -0.15) is 25.5 Å². The van der Waals surface area contributed by atoms with Crippen LogP contribution in [-0.4, -0.2) is 24.9 Å². The lowest BCUT2D eigenvalue weighted by atomic mass is 10.2.